The molecule has 0 fully saturated rings. The Labute approximate surface area is 99.1 Å². The standard InChI is InChI=1S/C10H18N4O3/c11-1-6-3-13-10(8(2-12)14-6)7(4-15)9(17)5-16/h3,7,9,15-17H,1-2,4-5,11-12H2. The zero-order valence-corrected chi connectivity index (χ0v) is 9.45. The molecule has 17 heavy (non-hydrogen) atoms. The fourth-order valence-electron chi connectivity index (χ4n) is 1.55. The Morgan fingerprint density at radius 2 is 1.88 bits per heavy atom. The van der Waals surface area contributed by atoms with Gasteiger partial charge in [0.1, 0.15) is 0 Å². The van der Waals surface area contributed by atoms with E-state index in [4.69, 9.17) is 16.6 Å². The lowest BCUT2D eigenvalue weighted by atomic mass is 9.97. The molecule has 0 aromatic carbocycles. The van der Waals surface area contributed by atoms with E-state index in [1.165, 1.54) is 6.20 Å². The molecule has 0 bridgehead atoms. The van der Waals surface area contributed by atoms with E-state index < -0.39 is 18.6 Å². The smallest absolute Gasteiger partial charge is 0.0877 e. The molecule has 0 radical (unpaired) electrons. The Bertz CT molecular complexity index is 361. The minimum Gasteiger partial charge on any atom is -0.396 e. The third kappa shape index (κ3) is 3.18. The van der Waals surface area contributed by atoms with Gasteiger partial charge in [-0.25, -0.2) is 0 Å². The van der Waals surface area contributed by atoms with Gasteiger partial charge in [-0.3, -0.25) is 9.97 Å². The largest absolute Gasteiger partial charge is 0.396 e. The Hall–Kier alpha value is -1.12. The van der Waals surface area contributed by atoms with Crippen LogP contribution < -0.4 is 11.5 Å². The highest BCUT2D eigenvalue weighted by Crippen LogP contribution is 2.20. The average Bonchev–Trinajstić information content (AvgIpc) is 2.39. The van der Waals surface area contributed by atoms with Crippen molar-refractivity contribution < 1.29 is 15.3 Å². The molecule has 0 saturated heterocycles. The first kappa shape index (κ1) is 13.9. The topological polar surface area (TPSA) is 139 Å². The Kier molecular flexibility index (Phi) is 5.39. The van der Waals surface area contributed by atoms with Gasteiger partial charge in [-0.05, 0) is 0 Å². The summed E-state index contributed by atoms with van der Waals surface area (Å²) >= 11 is 0. The Morgan fingerprint density at radius 3 is 2.35 bits per heavy atom. The normalized spacial score (nSPS) is 14.6. The minimum atomic E-state index is -1.09. The van der Waals surface area contributed by atoms with Crippen molar-refractivity contribution in [1.29, 1.82) is 0 Å². The third-order valence-corrected chi connectivity index (χ3v) is 2.53. The molecule has 1 aromatic rings. The van der Waals surface area contributed by atoms with Gasteiger partial charge in [-0.2, -0.15) is 0 Å². The van der Waals surface area contributed by atoms with Gasteiger partial charge in [0.25, 0.3) is 0 Å². The van der Waals surface area contributed by atoms with Gasteiger partial charge in [-0.15, -0.1) is 0 Å². The SMILES string of the molecule is NCc1cnc(C(CO)C(O)CO)c(CN)n1. The number of aliphatic hydroxyl groups excluding tert-OH is 3. The fraction of sp³-hybridized carbons (Fsp3) is 0.600. The van der Waals surface area contributed by atoms with Crippen LogP contribution in [0.3, 0.4) is 0 Å². The monoisotopic (exact) mass is 242 g/mol. The van der Waals surface area contributed by atoms with Crippen LogP contribution in [0.4, 0.5) is 0 Å². The van der Waals surface area contributed by atoms with Gasteiger partial charge in [0, 0.05) is 13.1 Å². The molecule has 2 unspecified atom stereocenters. The van der Waals surface area contributed by atoms with Crippen LogP contribution in [0.5, 0.6) is 0 Å². The second-order valence-corrected chi connectivity index (χ2v) is 3.64. The molecule has 96 valence electrons. The first-order chi connectivity index (χ1) is 8.17. The summed E-state index contributed by atoms with van der Waals surface area (Å²) in [6.45, 7) is -0.432. The average molecular weight is 242 g/mol. The summed E-state index contributed by atoms with van der Waals surface area (Å²) in [5.41, 5.74) is 12.4. The number of rotatable bonds is 6. The minimum absolute atomic E-state index is 0.130. The van der Waals surface area contributed by atoms with E-state index in [1.54, 1.807) is 0 Å². The van der Waals surface area contributed by atoms with E-state index in [2.05, 4.69) is 9.97 Å². The molecule has 7 heteroatoms. The fourth-order valence-corrected chi connectivity index (χ4v) is 1.55. The number of hydrogen-bond acceptors (Lipinski definition) is 7. The van der Waals surface area contributed by atoms with Crippen LogP contribution in [0.1, 0.15) is 23.0 Å². The van der Waals surface area contributed by atoms with Crippen molar-refractivity contribution in [2.45, 2.75) is 25.1 Å². The molecule has 1 aromatic heterocycles. The molecule has 0 saturated carbocycles. The van der Waals surface area contributed by atoms with E-state index in [-0.39, 0.29) is 19.7 Å². The zero-order chi connectivity index (χ0) is 12.8. The van der Waals surface area contributed by atoms with Gasteiger partial charge in [0.2, 0.25) is 0 Å². The van der Waals surface area contributed by atoms with Crippen molar-refractivity contribution in [2.75, 3.05) is 13.2 Å². The lowest BCUT2D eigenvalue weighted by Crippen LogP contribution is -2.28. The van der Waals surface area contributed by atoms with Gasteiger partial charge in [0.05, 0.1) is 48.5 Å². The van der Waals surface area contributed by atoms with Crippen molar-refractivity contribution in [3.63, 3.8) is 0 Å². The molecule has 7 N–H and O–H groups in total. The number of nitrogens with zero attached hydrogens (tertiary/aromatic N) is 2. The highest BCUT2D eigenvalue weighted by atomic mass is 16.3. The maximum absolute atomic E-state index is 9.57. The van der Waals surface area contributed by atoms with E-state index in [0.717, 1.165) is 0 Å². The van der Waals surface area contributed by atoms with Crippen LogP contribution in [0.15, 0.2) is 6.20 Å². The maximum Gasteiger partial charge on any atom is 0.0877 e. The Balaban J connectivity index is 3.10. The van der Waals surface area contributed by atoms with Crippen molar-refractivity contribution in [3.8, 4) is 0 Å². The lowest BCUT2D eigenvalue weighted by Gasteiger charge is -2.20. The van der Waals surface area contributed by atoms with E-state index >= 15 is 0 Å². The highest BCUT2D eigenvalue weighted by Gasteiger charge is 2.24. The molecular formula is C10H18N4O3. The van der Waals surface area contributed by atoms with Crippen LogP contribution in [0.25, 0.3) is 0 Å². The molecule has 2 atom stereocenters. The summed E-state index contributed by atoms with van der Waals surface area (Å²) in [6, 6.07) is 0. The van der Waals surface area contributed by atoms with Crippen LogP contribution in [0, 0.1) is 0 Å². The highest BCUT2D eigenvalue weighted by molar-refractivity contribution is 5.19. The molecular weight excluding hydrogens is 224 g/mol. The first-order valence-electron chi connectivity index (χ1n) is 5.32. The van der Waals surface area contributed by atoms with Crippen molar-refractivity contribution in [2.24, 2.45) is 11.5 Å². The van der Waals surface area contributed by atoms with Crippen LogP contribution >= 0.6 is 0 Å². The molecule has 0 aliphatic rings. The summed E-state index contributed by atoms with van der Waals surface area (Å²) in [6.07, 6.45) is 0.379. The quantitative estimate of drug-likeness (QED) is 0.382. The van der Waals surface area contributed by atoms with E-state index in [9.17, 15) is 10.2 Å². The van der Waals surface area contributed by atoms with Crippen molar-refractivity contribution in [3.05, 3.63) is 23.3 Å². The Morgan fingerprint density at radius 1 is 1.18 bits per heavy atom. The van der Waals surface area contributed by atoms with E-state index in [1.807, 2.05) is 0 Å². The molecule has 1 heterocycles. The predicted octanol–water partition coefficient (Wildman–Crippen LogP) is -2.18. The molecule has 0 spiro atoms. The van der Waals surface area contributed by atoms with Crippen LogP contribution in [-0.4, -0.2) is 44.6 Å². The predicted molar refractivity (Wildman–Crippen MR) is 60.7 cm³/mol. The third-order valence-electron chi connectivity index (χ3n) is 2.53. The van der Waals surface area contributed by atoms with Crippen LogP contribution in [0.2, 0.25) is 0 Å². The number of nitrogens with two attached hydrogens (primary N) is 2. The molecule has 7 nitrogen and oxygen atoms in total. The summed E-state index contributed by atoms with van der Waals surface area (Å²) < 4.78 is 0. The van der Waals surface area contributed by atoms with E-state index in [0.29, 0.717) is 17.1 Å². The number of aromatic nitrogens is 2. The van der Waals surface area contributed by atoms with Gasteiger partial charge < -0.3 is 26.8 Å². The molecule has 0 aliphatic heterocycles. The van der Waals surface area contributed by atoms with Crippen molar-refractivity contribution >= 4 is 0 Å². The second-order valence-electron chi connectivity index (χ2n) is 3.64. The molecule has 0 amide bonds. The number of hydrogen-bond donors (Lipinski definition) is 5. The molecule has 0 aliphatic carbocycles. The summed E-state index contributed by atoms with van der Waals surface area (Å²) in [5.74, 6) is -0.696. The van der Waals surface area contributed by atoms with Gasteiger partial charge in [-0.1, -0.05) is 0 Å². The summed E-state index contributed by atoms with van der Waals surface area (Å²) in [4.78, 5) is 8.29. The maximum atomic E-state index is 9.57. The van der Waals surface area contributed by atoms with Crippen molar-refractivity contribution in [1.82, 2.24) is 9.97 Å². The lowest BCUT2D eigenvalue weighted by molar-refractivity contribution is 0.0509. The van der Waals surface area contributed by atoms with Gasteiger partial charge in [0.15, 0.2) is 0 Å². The zero-order valence-electron chi connectivity index (χ0n) is 9.45. The first-order valence-corrected chi connectivity index (χ1v) is 5.32. The van der Waals surface area contributed by atoms with Gasteiger partial charge >= 0.3 is 0 Å². The second kappa shape index (κ2) is 6.58. The summed E-state index contributed by atoms with van der Waals surface area (Å²) in [5, 5.41) is 27.7. The molecule has 1 rings (SSSR count). The summed E-state index contributed by atoms with van der Waals surface area (Å²) in [7, 11) is 0. The van der Waals surface area contributed by atoms with Crippen LogP contribution in [-0.2, 0) is 13.1 Å². The number of aliphatic hydroxyl groups is 3.